The molecule has 2 atom stereocenters. The van der Waals surface area contributed by atoms with Crippen molar-refractivity contribution in [1.29, 1.82) is 0 Å². The molecule has 2 unspecified atom stereocenters. The van der Waals surface area contributed by atoms with Gasteiger partial charge >= 0.3 is 6.18 Å². The first kappa shape index (κ1) is 13.5. The van der Waals surface area contributed by atoms with Crippen LogP contribution in [0.5, 0.6) is 0 Å². The number of carbonyl (C=O) groups is 1. The van der Waals surface area contributed by atoms with Crippen molar-refractivity contribution in [3.63, 3.8) is 0 Å². The minimum absolute atomic E-state index is 0.0220. The summed E-state index contributed by atoms with van der Waals surface area (Å²) in [5.74, 6) is -0.836. The Morgan fingerprint density at radius 1 is 1.25 bits per heavy atom. The van der Waals surface area contributed by atoms with Gasteiger partial charge in [0.25, 0.3) is 0 Å². The lowest BCUT2D eigenvalue weighted by Gasteiger charge is -2.27. The Balaban J connectivity index is 1.88. The predicted octanol–water partition coefficient (Wildman–Crippen LogP) is 3.24. The number of alkyl halides is 3. The number of nitrogens with zero attached hydrogens (tertiary/aromatic N) is 1. The number of halogens is 3. The lowest BCUT2D eigenvalue weighted by atomic mass is 9.87. The molecule has 0 amide bonds. The van der Waals surface area contributed by atoms with Crippen LogP contribution in [0.25, 0.3) is 0 Å². The van der Waals surface area contributed by atoms with Crippen molar-refractivity contribution in [2.75, 3.05) is 0 Å². The lowest BCUT2D eigenvalue weighted by Crippen LogP contribution is -2.31. The van der Waals surface area contributed by atoms with Gasteiger partial charge in [0.2, 0.25) is 0 Å². The highest BCUT2D eigenvalue weighted by atomic mass is 19.4. The fraction of sp³-hybridized carbons (Fsp3) is 0.571. The van der Waals surface area contributed by atoms with E-state index in [1.54, 1.807) is 0 Å². The van der Waals surface area contributed by atoms with Crippen LogP contribution in [0.2, 0.25) is 0 Å². The standard InChI is InChI=1S/C14H14F3NO2/c15-14(16,17)12-3-4-18-7-11(12)13(19)8-5-9-1-2-10(6-8)20-9/h3-4,7-10H,1-2,5-6H2. The van der Waals surface area contributed by atoms with Crippen molar-refractivity contribution in [2.45, 2.75) is 44.1 Å². The van der Waals surface area contributed by atoms with Gasteiger partial charge in [0, 0.05) is 23.9 Å². The van der Waals surface area contributed by atoms with Gasteiger partial charge in [-0.3, -0.25) is 9.78 Å². The van der Waals surface area contributed by atoms with E-state index >= 15 is 0 Å². The Morgan fingerprint density at radius 2 is 1.90 bits per heavy atom. The number of hydrogen-bond donors (Lipinski definition) is 0. The van der Waals surface area contributed by atoms with Gasteiger partial charge in [-0.15, -0.1) is 0 Å². The third-order valence-corrected chi connectivity index (χ3v) is 4.05. The molecule has 2 bridgehead atoms. The summed E-state index contributed by atoms with van der Waals surface area (Å²) in [4.78, 5) is 16.1. The number of pyridine rings is 1. The molecule has 0 radical (unpaired) electrons. The molecule has 2 saturated heterocycles. The van der Waals surface area contributed by atoms with E-state index in [1.165, 1.54) is 0 Å². The van der Waals surface area contributed by atoms with Crippen LogP contribution in [0.15, 0.2) is 18.5 Å². The maximum absolute atomic E-state index is 12.9. The normalized spacial score (nSPS) is 29.4. The summed E-state index contributed by atoms with van der Waals surface area (Å²) < 4.78 is 44.4. The topological polar surface area (TPSA) is 39.2 Å². The third-order valence-electron chi connectivity index (χ3n) is 4.05. The first-order valence-electron chi connectivity index (χ1n) is 6.66. The molecule has 20 heavy (non-hydrogen) atoms. The van der Waals surface area contributed by atoms with Crippen LogP contribution >= 0.6 is 0 Å². The molecule has 2 aliphatic heterocycles. The Labute approximate surface area is 114 Å². The highest BCUT2D eigenvalue weighted by molar-refractivity contribution is 5.99. The molecule has 2 fully saturated rings. The summed E-state index contributed by atoms with van der Waals surface area (Å²) in [6, 6.07) is 0.862. The average Bonchev–Trinajstić information content (AvgIpc) is 2.75. The van der Waals surface area contributed by atoms with Crippen LogP contribution in [-0.2, 0) is 10.9 Å². The number of rotatable bonds is 2. The van der Waals surface area contributed by atoms with Crippen molar-refractivity contribution in [3.05, 3.63) is 29.6 Å². The Bertz CT molecular complexity index is 517. The first-order valence-corrected chi connectivity index (χ1v) is 6.66. The molecule has 3 nitrogen and oxygen atoms in total. The molecule has 2 aliphatic rings. The van der Waals surface area contributed by atoms with Gasteiger partial charge in [-0.05, 0) is 31.7 Å². The van der Waals surface area contributed by atoms with Gasteiger partial charge in [-0.25, -0.2) is 0 Å². The van der Waals surface area contributed by atoms with Crippen LogP contribution in [0.3, 0.4) is 0 Å². The van der Waals surface area contributed by atoms with E-state index in [2.05, 4.69) is 4.98 Å². The molecule has 0 saturated carbocycles. The SMILES string of the molecule is O=C(c1cnccc1C(F)(F)F)C1CC2CCC(C1)O2. The zero-order chi connectivity index (χ0) is 14.3. The summed E-state index contributed by atoms with van der Waals surface area (Å²) in [6.07, 6.45) is 0.431. The third kappa shape index (κ3) is 2.44. The van der Waals surface area contributed by atoms with Gasteiger partial charge in [0.1, 0.15) is 0 Å². The molecule has 108 valence electrons. The van der Waals surface area contributed by atoms with Gasteiger partial charge in [0.15, 0.2) is 5.78 Å². The number of Topliss-reactive ketones (excluding diaryl/α,β-unsaturated/α-hetero) is 1. The second-order valence-electron chi connectivity index (χ2n) is 5.41. The van der Waals surface area contributed by atoms with Gasteiger partial charge in [-0.2, -0.15) is 13.2 Å². The second kappa shape index (κ2) is 4.84. The van der Waals surface area contributed by atoms with E-state index < -0.39 is 17.5 Å². The maximum atomic E-state index is 12.9. The molecule has 1 aromatic rings. The monoisotopic (exact) mass is 285 g/mol. The molecule has 0 spiro atoms. The molecule has 0 N–H and O–H groups in total. The van der Waals surface area contributed by atoms with Crippen molar-refractivity contribution < 1.29 is 22.7 Å². The van der Waals surface area contributed by atoms with Gasteiger partial charge in [-0.1, -0.05) is 0 Å². The molecular weight excluding hydrogens is 271 g/mol. The highest BCUT2D eigenvalue weighted by Gasteiger charge is 2.41. The second-order valence-corrected chi connectivity index (χ2v) is 5.41. The van der Waals surface area contributed by atoms with Crippen LogP contribution in [0, 0.1) is 5.92 Å². The van der Waals surface area contributed by atoms with Crippen molar-refractivity contribution in [1.82, 2.24) is 4.98 Å². The molecule has 3 heterocycles. The molecule has 0 aromatic carbocycles. The lowest BCUT2D eigenvalue weighted by molar-refractivity contribution is -0.138. The number of fused-ring (bicyclic) bond motifs is 2. The number of carbonyl (C=O) groups excluding carboxylic acids is 1. The van der Waals surface area contributed by atoms with E-state index in [1.807, 2.05) is 0 Å². The fourth-order valence-electron chi connectivity index (χ4n) is 3.13. The van der Waals surface area contributed by atoms with Crippen LogP contribution in [0.4, 0.5) is 13.2 Å². The average molecular weight is 285 g/mol. The molecule has 6 heteroatoms. The highest BCUT2D eigenvalue weighted by Crippen LogP contribution is 2.39. The van der Waals surface area contributed by atoms with Crippen molar-refractivity contribution >= 4 is 5.78 Å². The zero-order valence-electron chi connectivity index (χ0n) is 10.7. The van der Waals surface area contributed by atoms with Crippen molar-refractivity contribution in [2.24, 2.45) is 5.92 Å². The Kier molecular flexibility index (Phi) is 3.28. The number of ketones is 1. The minimum Gasteiger partial charge on any atom is -0.375 e. The fourth-order valence-corrected chi connectivity index (χ4v) is 3.13. The van der Waals surface area contributed by atoms with E-state index in [0.717, 1.165) is 31.3 Å². The van der Waals surface area contributed by atoms with E-state index in [-0.39, 0.29) is 23.7 Å². The summed E-state index contributed by atoms with van der Waals surface area (Å²) >= 11 is 0. The Morgan fingerprint density at radius 3 is 2.50 bits per heavy atom. The molecule has 3 rings (SSSR count). The van der Waals surface area contributed by atoms with Gasteiger partial charge < -0.3 is 4.74 Å². The number of ether oxygens (including phenoxy) is 1. The predicted molar refractivity (Wildman–Crippen MR) is 64.2 cm³/mol. The van der Waals surface area contributed by atoms with E-state index in [4.69, 9.17) is 4.74 Å². The zero-order valence-corrected chi connectivity index (χ0v) is 10.7. The molecule has 0 aliphatic carbocycles. The molecular formula is C14H14F3NO2. The first-order chi connectivity index (χ1) is 9.45. The quantitative estimate of drug-likeness (QED) is 0.783. The van der Waals surface area contributed by atoms with Crippen LogP contribution < -0.4 is 0 Å². The van der Waals surface area contributed by atoms with Crippen LogP contribution in [0.1, 0.15) is 41.6 Å². The van der Waals surface area contributed by atoms with Gasteiger partial charge in [0.05, 0.1) is 17.8 Å². The summed E-state index contributed by atoms with van der Waals surface area (Å²) in [5, 5.41) is 0. The Hall–Kier alpha value is -1.43. The smallest absolute Gasteiger partial charge is 0.375 e. The molecule has 1 aromatic heterocycles. The minimum atomic E-state index is -4.53. The number of aromatic nitrogens is 1. The van der Waals surface area contributed by atoms with E-state index in [9.17, 15) is 18.0 Å². The van der Waals surface area contributed by atoms with Crippen LogP contribution in [-0.4, -0.2) is 23.0 Å². The van der Waals surface area contributed by atoms with E-state index in [0.29, 0.717) is 12.8 Å². The summed E-state index contributed by atoms with van der Waals surface area (Å²) in [7, 11) is 0. The van der Waals surface area contributed by atoms with Crippen molar-refractivity contribution in [3.8, 4) is 0 Å². The number of hydrogen-bond acceptors (Lipinski definition) is 3. The summed E-state index contributed by atoms with van der Waals surface area (Å²) in [5.41, 5.74) is -1.21. The largest absolute Gasteiger partial charge is 0.417 e. The summed E-state index contributed by atoms with van der Waals surface area (Å²) in [6.45, 7) is 0. The maximum Gasteiger partial charge on any atom is 0.417 e.